The number of aromatic nitrogens is 3. The Balaban J connectivity index is 2.49. The molecule has 0 aliphatic heterocycles. The number of nitrogens with one attached hydrogen (secondary N) is 1. The van der Waals surface area contributed by atoms with Gasteiger partial charge in [0.25, 0.3) is 0 Å². The fourth-order valence-electron chi connectivity index (χ4n) is 2.33. The zero-order valence-corrected chi connectivity index (χ0v) is 14.2. The molecule has 0 fully saturated rings. The third-order valence-corrected chi connectivity index (χ3v) is 3.54. The Morgan fingerprint density at radius 2 is 1.37 bits per heavy atom. The van der Waals surface area contributed by atoms with Gasteiger partial charge in [-0.2, -0.15) is 0 Å². The van der Waals surface area contributed by atoms with E-state index in [1.54, 1.807) is 0 Å². The van der Waals surface area contributed by atoms with Gasteiger partial charge in [-0.1, -0.05) is 18.2 Å². The van der Waals surface area contributed by atoms with E-state index in [9.17, 15) is 28.0 Å². The first-order chi connectivity index (χ1) is 12.8. The third-order valence-electron chi connectivity index (χ3n) is 3.54. The average molecular weight is 378 g/mol. The van der Waals surface area contributed by atoms with Crippen LogP contribution in [0.5, 0.6) is 0 Å². The topological polar surface area (TPSA) is 95.1 Å². The van der Waals surface area contributed by atoms with Crippen LogP contribution in [-0.4, -0.2) is 19.6 Å². The number of nitrogens with zero attached hydrogens (tertiary/aromatic N) is 3. The summed E-state index contributed by atoms with van der Waals surface area (Å²) < 4.78 is 29.2. The fraction of sp³-hybridized carbons (Fsp3) is 0.176. The highest BCUT2D eigenvalue weighted by atomic mass is 19.1. The van der Waals surface area contributed by atoms with Crippen LogP contribution >= 0.6 is 0 Å². The van der Waals surface area contributed by atoms with Crippen molar-refractivity contribution < 1.29 is 13.6 Å². The number of amides is 1. The van der Waals surface area contributed by atoms with Crippen LogP contribution in [0, 0.1) is 11.6 Å². The highest BCUT2D eigenvalue weighted by Gasteiger charge is 2.18. The first-order valence-corrected chi connectivity index (χ1v) is 7.72. The Kier molecular flexibility index (Phi) is 6.01. The molecular formula is C17H16F2N4O4. The van der Waals surface area contributed by atoms with Crippen molar-refractivity contribution in [1.82, 2.24) is 13.7 Å². The van der Waals surface area contributed by atoms with Gasteiger partial charge in [0.05, 0.1) is 13.1 Å². The minimum absolute atomic E-state index is 0.196. The smallest absolute Gasteiger partial charge is 0.320 e. The highest BCUT2D eigenvalue weighted by molar-refractivity contribution is 5.90. The summed E-state index contributed by atoms with van der Waals surface area (Å²) in [6.07, 6.45) is 2.54. The summed E-state index contributed by atoms with van der Waals surface area (Å²) in [7, 11) is 0. The van der Waals surface area contributed by atoms with E-state index in [1.807, 2.05) is 5.32 Å². The third kappa shape index (κ3) is 4.00. The number of anilines is 1. The van der Waals surface area contributed by atoms with Crippen molar-refractivity contribution in [3.05, 3.63) is 86.6 Å². The van der Waals surface area contributed by atoms with Crippen LogP contribution in [0.15, 0.2) is 57.9 Å². The molecule has 1 aromatic heterocycles. The first kappa shape index (κ1) is 19.8. The van der Waals surface area contributed by atoms with Gasteiger partial charge in [-0.25, -0.2) is 36.9 Å². The number of halogens is 2. The second kappa shape index (κ2) is 8.21. The minimum Gasteiger partial charge on any atom is -0.320 e. The quantitative estimate of drug-likeness (QED) is 0.708. The zero-order valence-electron chi connectivity index (χ0n) is 14.2. The second-order valence-electron chi connectivity index (χ2n) is 5.38. The lowest BCUT2D eigenvalue weighted by molar-refractivity contribution is -0.117. The summed E-state index contributed by atoms with van der Waals surface area (Å²) >= 11 is 0. The van der Waals surface area contributed by atoms with E-state index >= 15 is 0 Å². The number of allylic oxidation sites excluding steroid dienone is 2. The first-order valence-electron chi connectivity index (χ1n) is 7.72. The molecule has 0 bridgehead atoms. The van der Waals surface area contributed by atoms with Gasteiger partial charge >= 0.3 is 17.1 Å². The van der Waals surface area contributed by atoms with Gasteiger partial charge in [0.15, 0.2) is 0 Å². The molecule has 0 saturated carbocycles. The van der Waals surface area contributed by atoms with Crippen LogP contribution in [0.25, 0.3) is 0 Å². The van der Waals surface area contributed by atoms with E-state index in [2.05, 4.69) is 13.2 Å². The standard InChI is InChI=1S/C17H16F2N4O4/c1-3-8-21-15(25)22(9-4-2)17(27)23(16(21)26)10-13(24)20-14-11(18)6-5-7-12(14)19/h3-7H,1-2,8-10H2,(H,20,24). The predicted octanol–water partition coefficient (Wildman–Crippen LogP) is 0.461. The lowest BCUT2D eigenvalue weighted by atomic mass is 10.3. The largest absolute Gasteiger partial charge is 0.337 e. The van der Waals surface area contributed by atoms with Crippen LogP contribution in [-0.2, 0) is 24.4 Å². The summed E-state index contributed by atoms with van der Waals surface area (Å²) in [5.41, 5.74) is -3.69. The van der Waals surface area contributed by atoms with Gasteiger partial charge in [0.2, 0.25) is 5.91 Å². The van der Waals surface area contributed by atoms with Crippen molar-refractivity contribution >= 4 is 11.6 Å². The summed E-state index contributed by atoms with van der Waals surface area (Å²) in [6.45, 7) is 5.61. The maximum atomic E-state index is 13.6. The van der Waals surface area contributed by atoms with Crippen molar-refractivity contribution in [2.24, 2.45) is 0 Å². The average Bonchev–Trinajstić information content (AvgIpc) is 2.62. The number of hydrogen-bond donors (Lipinski definition) is 1. The molecule has 0 atom stereocenters. The second-order valence-corrected chi connectivity index (χ2v) is 5.38. The lowest BCUT2D eigenvalue weighted by Gasteiger charge is -2.12. The van der Waals surface area contributed by atoms with Gasteiger partial charge in [0.1, 0.15) is 23.9 Å². The Bertz CT molecular complexity index is 1010. The van der Waals surface area contributed by atoms with Crippen molar-refractivity contribution in [3.8, 4) is 0 Å². The van der Waals surface area contributed by atoms with Gasteiger partial charge < -0.3 is 5.32 Å². The number of benzene rings is 1. The molecule has 0 spiro atoms. The fourth-order valence-corrected chi connectivity index (χ4v) is 2.33. The summed E-state index contributed by atoms with van der Waals surface area (Å²) in [5.74, 6) is -3.06. The monoisotopic (exact) mass is 378 g/mol. The molecular weight excluding hydrogens is 362 g/mol. The Morgan fingerprint density at radius 1 is 0.926 bits per heavy atom. The van der Waals surface area contributed by atoms with Crippen LogP contribution in [0.2, 0.25) is 0 Å². The SMILES string of the molecule is C=CCn1c(=O)n(CC=C)c(=O)n(CC(=O)Nc2c(F)cccc2F)c1=O. The van der Waals surface area contributed by atoms with Crippen molar-refractivity contribution in [1.29, 1.82) is 0 Å². The van der Waals surface area contributed by atoms with Crippen molar-refractivity contribution in [2.45, 2.75) is 19.6 Å². The molecule has 142 valence electrons. The van der Waals surface area contributed by atoms with Crippen LogP contribution in [0.4, 0.5) is 14.5 Å². The number of carbonyl (C=O) groups is 1. The van der Waals surface area contributed by atoms with E-state index in [4.69, 9.17) is 0 Å². The van der Waals surface area contributed by atoms with Crippen LogP contribution < -0.4 is 22.4 Å². The molecule has 2 rings (SSSR count). The molecule has 1 amide bonds. The molecule has 10 heteroatoms. The summed E-state index contributed by atoms with van der Waals surface area (Å²) in [6, 6.07) is 2.99. The molecule has 8 nitrogen and oxygen atoms in total. The molecule has 0 saturated heterocycles. The minimum atomic E-state index is -1.05. The number of para-hydroxylation sites is 1. The summed E-state index contributed by atoms with van der Waals surface area (Å²) in [4.78, 5) is 49.1. The Labute approximate surface area is 151 Å². The van der Waals surface area contributed by atoms with Gasteiger partial charge in [-0.15, -0.1) is 13.2 Å². The van der Waals surface area contributed by atoms with Gasteiger partial charge in [0, 0.05) is 0 Å². The molecule has 27 heavy (non-hydrogen) atoms. The number of rotatable bonds is 7. The molecule has 0 aliphatic rings. The van der Waals surface area contributed by atoms with Crippen molar-refractivity contribution in [3.63, 3.8) is 0 Å². The van der Waals surface area contributed by atoms with E-state index in [0.717, 1.165) is 18.2 Å². The predicted molar refractivity (Wildman–Crippen MR) is 94.6 cm³/mol. The molecule has 1 heterocycles. The maximum absolute atomic E-state index is 13.6. The number of carbonyl (C=O) groups excluding carboxylic acids is 1. The zero-order chi connectivity index (χ0) is 20.1. The summed E-state index contributed by atoms with van der Waals surface area (Å²) in [5, 5.41) is 1.97. The molecule has 1 N–H and O–H groups in total. The van der Waals surface area contributed by atoms with Gasteiger partial charge in [-0.05, 0) is 12.1 Å². The van der Waals surface area contributed by atoms with Gasteiger partial charge in [-0.3, -0.25) is 4.79 Å². The van der Waals surface area contributed by atoms with Crippen LogP contribution in [0.1, 0.15) is 0 Å². The van der Waals surface area contributed by atoms with E-state index < -0.39 is 46.8 Å². The Morgan fingerprint density at radius 3 is 1.81 bits per heavy atom. The molecule has 0 aliphatic carbocycles. The number of hydrogen-bond acceptors (Lipinski definition) is 4. The van der Waals surface area contributed by atoms with E-state index in [0.29, 0.717) is 13.7 Å². The molecule has 1 aromatic carbocycles. The van der Waals surface area contributed by atoms with E-state index in [-0.39, 0.29) is 13.1 Å². The molecule has 2 aromatic rings. The van der Waals surface area contributed by atoms with Crippen LogP contribution in [0.3, 0.4) is 0 Å². The molecule has 0 radical (unpaired) electrons. The normalized spacial score (nSPS) is 10.4. The van der Waals surface area contributed by atoms with Crippen molar-refractivity contribution in [2.75, 3.05) is 5.32 Å². The molecule has 0 unspecified atom stereocenters. The van der Waals surface area contributed by atoms with E-state index in [1.165, 1.54) is 12.2 Å². The maximum Gasteiger partial charge on any atom is 0.337 e. The lowest BCUT2D eigenvalue weighted by Crippen LogP contribution is -2.55. The Hall–Kier alpha value is -3.56. The highest BCUT2D eigenvalue weighted by Crippen LogP contribution is 2.17.